The first kappa shape index (κ1) is 32.3. The van der Waals surface area contributed by atoms with E-state index in [1.54, 1.807) is 36.4 Å². The molecule has 4 rings (SSSR count). The average Bonchev–Trinajstić information content (AvgIpc) is 3.02. The van der Waals surface area contributed by atoms with E-state index in [0.29, 0.717) is 30.2 Å². The number of carbonyl (C=O) groups excluding carboxylic acids is 2. The first-order chi connectivity index (χ1) is 21.1. The molecule has 0 aliphatic carbocycles. The second-order valence-corrected chi connectivity index (χ2v) is 12.4. The zero-order chi connectivity index (χ0) is 31.7. The van der Waals surface area contributed by atoms with Crippen molar-refractivity contribution in [2.45, 2.75) is 51.6 Å². The molecule has 44 heavy (non-hydrogen) atoms. The van der Waals surface area contributed by atoms with Gasteiger partial charge >= 0.3 is 0 Å². The highest BCUT2D eigenvalue weighted by atomic mass is 32.2. The molecular formula is C35H39N3O5S. The number of nitrogens with zero attached hydrogens (tertiary/aromatic N) is 2. The van der Waals surface area contributed by atoms with Crippen LogP contribution in [0.3, 0.4) is 0 Å². The van der Waals surface area contributed by atoms with Crippen molar-refractivity contribution in [1.82, 2.24) is 10.2 Å². The largest absolute Gasteiger partial charge is 0.457 e. The molecule has 1 N–H and O–H groups in total. The molecule has 0 saturated heterocycles. The van der Waals surface area contributed by atoms with Gasteiger partial charge in [-0.25, -0.2) is 8.42 Å². The van der Waals surface area contributed by atoms with Gasteiger partial charge in [0.25, 0.3) is 10.0 Å². The Balaban J connectivity index is 1.73. The van der Waals surface area contributed by atoms with Crippen molar-refractivity contribution >= 4 is 27.5 Å². The number of amides is 2. The van der Waals surface area contributed by atoms with Crippen molar-refractivity contribution in [3.05, 3.63) is 120 Å². The molecule has 0 spiro atoms. The highest BCUT2D eigenvalue weighted by Gasteiger charge is 2.33. The number of anilines is 1. The molecule has 4 aromatic rings. The zero-order valence-corrected chi connectivity index (χ0v) is 26.4. The molecule has 0 aliphatic rings. The summed E-state index contributed by atoms with van der Waals surface area (Å²) in [5.41, 5.74) is 3.04. The van der Waals surface area contributed by atoms with Crippen molar-refractivity contribution in [2.75, 3.05) is 17.4 Å². The van der Waals surface area contributed by atoms with Crippen LogP contribution in [0, 0.1) is 13.8 Å². The number of hydrogen-bond donors (Lipinski definition) is 1. The topological polar surface area (TPSA) is 96.0 Å². The summed E-state index contributed by atoms with van der Waals surface area (Å²) in [5, 5.41) is 2.83. The molecule has 0 bridgehead atoms. The minimum Gasteiger partial charge on any atom is -0.457 e. The lowest BCUT2D eigenvalue weighted by Crippen LogP contribution is -2.52. The number of carbonyl (C=O) groups is 2. The lowest BCUT2D eigenvalue weighted by Gasteiger charge is -2.33. The Hall–Kier alpha value is -4.63. The molecule has 0 saturated carbocycles. The Bertz CT molecular complexity index is 1660. The van der Waals surface area contributed by atoms with Crippen LogP contribution in [-0.2, 0) is 26.2 Å². The maximum Gasteiger partial charge on any atom is 0.264 e. The van der Waals surface area contributed by atoms with Crippen LogP contribution in [0.2, 0.25) is 0 Å². The predicted molar refractivity (Wildman–Crippen MR) is 173 cm³/mol. The third-order valence-corrected chi connectivity index (χ3v) is 9.12. The van der Waals surface area contributed by atoms with Gasteiger partial charge in [-0.15, -0.1) is 0 Å². The van der Waals surface area contributed by atoms with Crippen LogP contribution in [-0.4, -0.2) is 44.3 Å². The normalized spacial score (nSPS) is 11.8. The Morgan fingerprint density at radius 3 is 2.02 bits per heavy atom. The van der Waals surface area contributed by atoms with E-state index in [-0.39, 0.29) is 17.3 Å². The Morgan fingerprint density at radius 1 is 0.795 bits per heavy atom. The number of sulfonamides is 1. The smallest absolute Gasteiger partial charge is 0.264 e. The molecule has 2 amide bonds. The minimum atomic E-state index is -4.17. The van der Waals surface area contributed by atoms with Gasteiger partial charge in [-0.1, -0.05) is 67.1 Å². The van der Waals surface area contributed by atoms with Crippen LogP contribution in [0.15, 0.2) is 108 Å². The average molecular weight is 614 g/mol. The van der Waals surface area contributed by atoms with E-state index in [9.17, 15) is 18.0 Å². The highest BCUT2D eigenvalue weighted by molar-refractivity contribution is 7.92. The van der Waals surface area contributed by atoms with E-state index in [1.165, 1.54) is 17.0 Å². The standard InChI is InChI=1S/C35H39N3O5S/c1-5-33(35(40)36-6-2)37(24-28-13-11-10-12-27(28)4)34(39)25-38(44(41,42)32-22-16-26(3)17-23-32)29-18-20-31(21-19-29)43-30-14-8-7-9-15-30/h7-23,33H,5-6,24-25H2,1-4H3,(H,36,40)/t33-/m0/s1. The second kappa shape index (κ2) is 14.7. The molecular weight excluding hydrogens is 574 g/mol. The number of rotatable bonds is 13. The van der Waals surface area contributed by atoms with Crippen molar-refractivity contribution < 1.29 is 22.7 Å². The predicted octanol–water partition coefficient (Wildman–Crippen LogP) is 6.23. The van der Waals surface area contributed by atoms with E-state index in [0.717, 1.165) is 21.0 Å². The minimum absolute atomic E-state index is 0.0572. The molecule has 0 radical (unpaired) electrons. The quantitative estimate of drug-likeness (QED) is 0.193. The number of ether oxygens (including phenoxy) is 1. The van der Waals surface area contributed by atoms with Gasteiger partial charge in [0, 0.05) is 13.1 Å². The number of likely N-dealkylation sites (N-methyl/N-ethyl adjacent to an activating group) is 1. The molecule has 4 aromatic carbocycles. The van der Waals surface area contributed by atoms with Gasteiger partial charge in [0.2, 0.25) is 11.8 Å². The van der Waals surface area contributed by atoms with Crippen molar-refractivity contribution in [2.24, 2.45) is 0 Å². The van der Waals surface area contributed by atoms with Crippen LogP contribution in [0.25, 0.3) is 0 Å². The summed E-state index contributed by atoms with van der Waals surface area (Å²) in [6, 6.07) is 29.2. The van der Waals surface area contributed by atoms with Crippen molar-refractivity contribution in [1.29, 1.82) is 0 Å². The van der Waals surface area contributed by atoms with Crippen LogP contribution >= 0.6 is 0 Å². The fourth-order valence-corrected chi connectivity index (χ4v) is 6.27. The van der Waals surface area contributed by atoms with Gasteiger partial charge in [-0.3, -0.25) is 13.9 Å². The van der Waals surface area contributed by atoms with Gasteiger partial charge in [0.1, 0.15) is 24.1 Å². The highest BCUT2D eigenvalue weighted by Crippen LogP contribution is 2.29. The Labute approximate surface area is 260 Å². The summed E-state index contributed by atoms with van der Waals surface area (Å²) < 4.78 is 35.2. The number of benzene rings is 4. The first-order valence-electron chi connectivity index (χ1n) is 14.7. The summed E-state index contributed by atoms with van der Waals surface area (Å²) in [5.74, 6) is 0.378. The fraction of sp³-hybridized carbons (Fsp3) is 0.257. The number of hydrogen-bond acceptors (Lipinski definition) is 5. The molecule has 0 aliphatic heterocycles. The summed E-state index contributed by atoms with van der Waals surface area (Å²) in [4.78, 5) is 28.9. The molecule has 9 heteroatoms. The molecule has 0 heterocycles. The van der Waals surface area contributed by atoms with Crippen LogP contribution < -0.4 is 14.4 Å². The van der Waals surface area contributed by atoms with Crippen LogP contribution in [0.5, 0.6) is 11.5 Å². The van der Waals surface area contributed by atoms with E-state index in [2.05, 4.69) is 5.32 Å². The van der Waals surface area contributed by atoms with E-state index in [1.807, 2.05) is 82.3 Å². The van der Waals surface area contributed by atoms with E-state index in [4.69, 9.17) is 4.74 Å². The second-order valence-electron chi connectivity index (χ2n) is 10.5. The number of para-hydroxylation sites is 1. The number of nitrogens with one attached hydrogen (secondary N) is 1. The van der Waals surface area contributed by atoms with Gasteiger partial charge in [-0.2, -0.15) is 0 Å². The molecule has 0 fully saturated rings. The van der Waals surface area contributed by atoms with Crippen LogP contribution in [0.1, 0.15) is 37.0 Å². The zero-order valence-electron chi connectivity index (χ0n) is 25.6. The summed E-state index contributed by atoms with van der Waals surface area (Å²) in [6.07, 6.45) is 0.361. The third-order valence-electron chi connectivity index (χ3n) is 7.33. The number of aryl methyl sites for hydroxylation is 2. The first-order valence-corrected chi connectivity index (χ1v) is 16.1. The molecule has 230 valence electrons. The maximum absolute atomic E-state index is 14.2. The monoisotopic (exact) mass is 613 g/mol. The maximum atomic E-state index is 14.2. The van der Waals surface area contributed by atoms with Crippen LogP contribution in [0.4, 0.5) is 5.69 Å². The summed E-state index contributed by atoms with van der Waals surface area (Å²) >= 11 is 0. The Morgan fingerprint density at radius 2 is 1.41 bits per heavy atom. The Kier molecular flexibility index (Phi) is 10.8. The molecule has 0 aromatic heterocycles. The fourth-order valence-electron chi connectivity index (χ4n) is 4.85. The lowest BCUT2D eigenvalue weighted by atomic mass is 10.1. The van der Waals surface area contributed by atoms with Gasteiger partial charge in [0.15, 0.2) is 0 Å². The van der Waals surface area contributed by atoms with Crippen molar-refractivity contribution in [3.8, 4) is 11.5 Å². The van der Waals surface area contributed by atoms with Crippen molar-refractivity contribution in [3.63, 3.8) is 0 Å². The van der Waals surface area contributed by atoms with Gasteiger partial charge < -0.3 is 15.0 Å². The summed E-state index contributed by atoms with van der Waals surface area (Å²) in [6.45, 7) is 7.54. The SMILES string of the molecule is CCNC(=O)[C@H](CC)N(Cc1ccccc1C)C(=O)CN(c1ccc(Oc2ccccc2)cc1)S(=O)(=O)c1ccc(C)cc1. The summed E-state index contributed by atoms with van der Waals surface area (Å²) in [7, 11) is -4.17. The van der Waals surface area contributed by atoms with E-state index >= 15 is 0 Å². The molecule has 1 atom stereocenters. The molecule has 0 unspecified atom stereocenters. The molecule has 8 nitrogen and oxygen atoms in total. The van der Waals surface area contributed by atoms with Gasteiger partial charge in [-0.05, 0) is 86.8 Å². The third kappa shape index (κ3) is 7.85. The lowest BCUT2D eigenvalue weighted by molar-refractivity contribution is -0.140. The van der Waals surface area contributed by atoms with Gasteiger partial charge in [0.05, 0.1) is 10.6 Å². The van der Waals surface area contributed by atoms with E-state index < -0.39 is 28.5 Å².